The topological polar surface area (TPSA) is 71.7 Å². The van der Waals surface area contributed by atoms with Gasteiger partial charge in [0.2, 0.25) is 0 Å². The van der Waals surface area contributed by atoms with Gasteiger partial charge >= 0.3 is 12.1 Å². The van der Waals surface area contributed by atoms with Crippen molar-refractivity contribution >= 4 is 5.97 Å². The molecule has 8 heteroatoms. The third kappa shape index (κ3) is 5.13. The van der Waals surface area contributed by atoms with Crippen molar-refractivity contribution in [2.75, 3.05) is 0 Å². The summed E-state index contributed by atoms with van der Waals surface area (Å²) in [6, 6.07) is 11.0. The van der Waals surface area contributed by atoms with Crippen molar-refractivity contribution in [1.29, 1.82) is 0 Å². The van der Waals surface area contributed by atoms with E-state index in [1.165, 1.54) is 10.8 Å². The van der Waals surface area contributed by atoms with Gasteiger partial charge in [-0.15, -0.1) is 0 Å². The van der Waals surface area contributed by atoms with E-state index in [2.05, 4.69) is 0 Å². The van der Waals surface area contributed by atoms with Gasteiger partial charge < -0.3 is 19.5 Å². The number of ether oxygens (including phenoxy) is 1. The molecule has 0 aliphatic heterocycles. The number of aliphatic hydroxyl groups excluding tert-OH is 1. The highest BCUT2D eigenvalue weighted by Crippen LogP contribution is 2.35. The lowest BCUT2D eigenvalue weighted by Gasteiger charge is -2.17. The first-order valence-electron chi connectivity index (χ1n) is 10.0. The summed E-state index contributed by atoms with van der Waals surface area (Å²) in [5, 5.41) is 18.1. The average molecular weight is 447 g/mol. The van der Waals surface area contributed by atoms with E-state index in [1.54, 1.807) is 43.3 Å². The van der Waals surface area contributed by atoms with Gasteiger partial charge in [-0.1, -0.05) is 18.2 Å². The highest BCUT2D eigenvalue weighted by atomic mass is 19.4. The second-order valence-electron chi connectivity index (χ2n) is 7.52. The summed E-state index contributed by atoms with van der Waals surface area (Å²) in [4.78, 5) is 10.8. The molecule has 3 aromatic rings. The van der Waals surface area contributed by atoms with E-state index in [1.807, 2.05) is 6.92 Å². The highest BCUT2D eigenvalue weighted by molar-refractivity contribution is 5.67. The van der Waals surface area contributed by atoms with Crippen LogP contribution in [0.15, 0.2) is 48.7 Å². The fourth-order valence-corrected chi connectivity index (χ4v) is 3.54. The van der Waals surface area contributed by atoms with Crippen LogP contribution in [0.3, 0.4) is 0 Å². The molecule has 0 bridgehead atoms. The minimum Gasteiger partial charge on any atom is -0.487 e. The summed E-state index contributed by atoms with van der Waals surface area (Å²) >= 11 is 0. The lowest BCUT2D eigenvalue weighted by atomic mass is 9.99. The zero-order chi connectivity index (χ0) is 23.5. The Morgan fingerprint density at radius 3 is 2.31 bits per heavy atom. The summed E-state index contributed by atoms with van der Waals surface area (Å²) in [6.45, 7) is 3.17. The summed E-state index contributed by atoms with van der Waals surface area (Å²) in [6.07, 6.45) is -2.82. The summed E-state index contributed by atoms with van der Waals surface area (Å²) in [7, 11) is 0. The molecule has 0 radical (unpaired) electrons. The van der Waals surface area contributed by atoms with Crippen LogP contribution in [0.2, 0.25) is 0 Å². The number of carboxylic acids is 1. The van der Waals surface area contributed by atoms with Crippen molar-refractivity contribution in [2.45, 2.75) is 46.1 Å². The van der Waals surface area contributed by atoms with Crippen LogP contribution in [0.4, 0.5) is 13.2 Å². The first-order chi connectivity index (χ1) is 15.1. The van der Waals surface area contributed by atoms with Crippen LogP contribution in [0, 0.1) is 13.8 Å². The smallest absolute Gasteiger partial charge is 0.418 e. The molecule has 0 aliphatic carbocycles. The Morgan fingerprint density at radius 2 is 1.72 bits per heavy atom. The molecule has 0 saturated heterocycles. The number of halogens is 3. The predicted molar refractivity (Wildman–Crippen MR) is 113 cm³/mol. The number of aryl methyl sites for hydroxylation is 1. The molecule has 1 aromatic heterocycles. The van der Waals surface area contributed by atoms with E-state index in [0.717, 1.165) is 22.8 Å². The van der Waals surface area contributed by atoms with Crippen molar-refractivity contribution in [3.8, 4) is 11.4 Å². The molecule has 170 valence electrons. The largest absolute Gasteiger partial charge is 0.487 e. The van der Waals surface area contributed by atoms with Crippen LogP contribution in [-0.2, 0) is 30.6 Å². The number of hydrogen-bond acceptors (Lipinski definition) is 3. The molecule has 1 heterocycles. The van der Waals surface area contributed by atoms with Crippen molar-refractivity contribution in [3.05, 3.63) is 82.2 Å². The number of aromatic nitrogens is 1. The molecule has 0 saturated carbocycles. The van der Waals surface area contributed by atoms with E-state index < -0.39 is 17.7 Å². The van der Waals surface area contributed by atoms with Gasteiger partial charge in [0.25, 0.3) is 0 Å². The molecule has 0 fully saturated rings. The maximum Gasteiger partial charge on any atom is 0.418 e. The quantitative estimate of drug-likeness (QED) is 0.498. The van der Waals surface area contributed by atoms with E-state index in [0.29, 0.717) is 23.4 Å². The molecule has 32 heavy (non-hydrogen) atoms. The molecule has 0 amide bonds. The maximum atomic E-state index is 13.6. The van der Waals surface area contributed by atoms with Crippen molar-refractivity contribution in [2.24, 2.45) is 0 Å². The number of carboxylic acid groups (broad SMARTS) is 1. The molecule has 5 nitrogen and oxygen atoms in total. The Hall–Kier alpha value is -3.26. The van der Waals surface area contributed by atoms with Crippen LogP contribution >= 0.6 is 0 Å². The summed E-state index contributed by atoms with van der Waals surface area (Å²) < 4.78 is 48.1. The third-order valence-electron chi connectivity index (χ3n) is 5.52. The van der Waals surface area contributed by atoms with Crippen molar-refractivity contribution < 1.29 is 32.9 Å². The number of carbonyl (C=O) groups is 1. The SMILES string of the molecule is Cc1c(CCC(=O)O)ccc(OCc2c(C(F)(F)F)ccn2-c2ccc(CO)cc2)c1C. The van der Waals surface area contributed by atoms with E-state index in [4.69, 9.17) is 9.84 Å². The van der Waals surface area contributed by atoms with Crippen molar-refractivity contribution in [1.82, 2.24) is 4.57 Å². The molecule has 0 aliphatic rings. The predicted octanol–water partition coefficient (Wildman–Crippen LogP) is 5.20. The zero-order valence-corrected chi connectivity index (χ0v) is 17.7. The van der Waals surface area contributed by atoms with Crippen LogP contribution in [0.5, 0.6) is 5.75 Å². The monoisotopic (exact) mass is 447 g/mol. The number of rotatable bonds is 8. The number of aliphatic hydroxyl groups is 1. The molecule has 0 atom stereocenters. The lowest BCUT2D eigenvalue weighted by Crippen LogP contribution is -2.13. The molecule has 2 N–H and O–H groups in total. The number of benzene rings is 2. The van der Waals surface area contributed by atoms with Gasteiger partial charge in [0, 0.05) is 18.3 Å². The normalized spacial score (nSPS) is 11.6. The summed E-state index contributed by atoms with van der Waals surface area (Å²) in [5.41, 5.74) is 2.83. The minimum atomic E-state index is -4.54. The van der Waals surface area contributed by atoms with Gasteiger partial charge in [0.15, 0.2) is 0 Å². The fraction of sp³-hybridized carbons (Fsp3) is 0.292. The summed E-state index contributed by atoms with van der Waals surface area (Å²) in [5.74, 6) is -0.451. The van der Waals surface area contributed by atoms with Crippen molar-refractivity contribution in [3.63, 3.8) is 0 Å². The van der Waals surface area contributed by atoms with Gasteiger partial charge in [-0.2, -0.15) is 13.2 Å². The molecular weight excluding hydrogens is 423 g/mol. The zero-order valence-electron chi connectivity index (χ0n) is 17.7. The average Bonchev–Trinajstić information content (AvgIpc) is 3.18. The maximum absolute atomic E-state index is 13.6. The van der Waals surface area contributed by atoms with Gasteiger partial charge in [-0.25, -0.2) is 0 Å². The molecular formula is C24H24F3NO4. The fourth-order valence-electron chi connectivity index (χ4n) is 3.54. The Balaban J connectivity index is 1.90. The van der Waals surface area contributed by atoms with Crippen LogP contribution < -0.4 is 4.74 Å². The second kappa shape index (κ2) is 9.48. The number of hydrogen-bond donors (Lipinski definition) is 2. The van der Waals surface area contributed by atoms with E-state index in [9.17, 15) is 23.1 Å². The van der Waals surface area contributed by atoms with Gasteiger partial charge in [-0.05, 0) is 66.8 Å². The molecule has 0 spiro atoms. The second-order valence-corrected chi connectivity index (χ2v) is 7.52. The first-order valence-corrected chi connectivity index (χ1v) is 10.0. The molecule has 2 aromatic carbocycles. The van der Waals surface area contributed by atoms with Gasteiger partial charge in [0.1, 0.15) is 12.4 Å². The van der Waals surface area contributed by atoms with Crippen LogP contribution in [-0.4, -0.2) is 20.7 Å². The van der Waals surface area contributed by atoms with Crippen LogP contribution in [0.25, 0.3) is 5.69 Å². The lowest BCUT2D eigenvalue weighted by molar-refractivity contribution is -0.139. The molecule has 0 unspecified atom stereocenters. The number of alkyl halides is 3. The Kier molecular flexibility index (Phi) is 6.93. The van der Waals surface area contributed by atoms with E-state index >= 15 is 0 Å². The minimum absolute atomic E-state index is 0.00197. The van der Waals surface area contributed by atoms with Gasteiger partial charge in [-0.3, -0.25) is 4.79 Å². The third-order valence-corrected chi connectivity index (χ3v) is 5.52. The van der Waals surface area contributed by atoms with Crippen LogP contribution in [0.1, 0.15) is 39.9 Å². The Morgan fingerprint density at radius 1 is 1.03 bits per heavy atom. The Labute approximate surface area is 183 Å². The molecule has 3 rings (SSSR count). The van der Waals surface area contributed by atoms with Gasteiger partial charge in [0.05, 0.1) is 17.9 Å². The standard InChI is InChI=1S/C24H24F3NO4/c1-15-16(2)22(9-5-18(15)6-10-23(30)31)32-14-21-20(24(25,26)27)11-12-28(21)19-7-3-17(13-29)4-8-19/h3-5,7-9,11-12,29H,6,10,13-14H2,1-2H3,(H,30,31). The van der Waals surface area contributed by atoms with E-state index in [-0.39, 0.29) is 25.3 Å². The Bertz CT molecular complexity index is 1100. The number of nitrogens with zero attached hydrogens (tertiary/aromatic N) is 1. The highest BCUT2D eigenvalue weighted by Gasteiger charge is 2.35. The number of aliphatic carboxylic acids is 1. The first kappa shape index (κ1) is 23.4.